The molecule has 46 heavy (non-hydrogen) atoms. The fraction of sp³-hybridized carbons (Fsp3) is 0.179. The van der Waals surface area contributed by atoms with Crippen LogP contribution in [0.25, 0.3) is 16.5 Å². The molecule has 234 valence electrons. The number of ether oxygens (including phenoxy) is 3. The predicted octanol–water partition coefficient (Wildman–Crippen LogP) is 9.03. The van der Waals surface area contributed by atoms with E-state index < -0.39 is 5.60 Å². The molecule has 0 saturated heterocycles. The second-order valence-corrected chi connectivity index (χ2v) is 12.5. The van der Waals surface area contributed by atoms with Crippen LogP contribution in [0, 0.1) is 6.92 Å². The number of thioether (sulfide) groups is 1. The van der Waals surface area contributed by atoms with Crippen molar-refractivity contribution in [2.75, 3.05) is 33.1 Å². The highest BCUT2D eigenvalue weighted by Gasteiger charge is 2.48. The van der Waals surface area contributed by atoms with Gasteiger partial charge < -0.3 is 30.2 Å². The van der Waals surface area contributed by atoms with Crippen molar-refractivity contribution in [1.82, 2.24) is 4.90 Å². The Morgan fingerprint density at radius 2 is 1.57 bits per heavy atom. The number of nitrogens with one attached hydrogen (secondary N) is 1. The summed E-state index contributed by atoms with van der Waals surface area (Å²) in [5.74, 6) is 2.33. The van der Waals surface area contributed by atoms with E-state index in [1.165, 1.54) is 11.8 Å². The maximum atomic E-state index is 7.32. The van der Waals surface area contributed by atoms with Crippen LogP contribution in [0.15, 0.2) is 120 Å². The van der Waals surface area contributed by atoms with Crippen molar-refractivity contribution in [2.24, 2.45) is 5.73 Å². The first-order valence-corrected chi connectivity index (χ1v) is 16.1. The molecule has 5 aromatic rings. The fourth-order valence-electron chi connectivity index (χ4n) is 5.97. The largest absolute Gasteiger partial charge is 0.497 e. The molecule has 1 heterocycles. The van der Waals surface area contributed by atoms with Crippen LogP contribution < -0.4 is 25.3 Å². The highest BCUT2D eigenvalue weighted by molar-refractivity contribution is 8.06. The summed E-state index contributed by atoms with van der Waals surface area (Å²) in [5, 5.41) is 6.56. The lowest BCUT2D eigenvalue weighted by molar-refractivity contribution is 0.156. The first-order chi connectivity index (χ1) is 22.3. The van der Waals surface area contributed by atoms with Crippen LogP contribution in [0.5, 0.6) is 17.2 Å². The van der Waals surface area contributed by atoms with Crippen molar-refractivity contribution < 1.29 is 14.2 Å². The zero-order valence-corrected chi connectivity index (χ0v) is 27.7. The Morgan fingerprint density at radius 1 is 0.891 bits per heavy atom. The van der Waals surface area contributed by atoms with E-state index >= 15 is 0 Å². The van der Waals surface area contributed by atoms with E-state index in [0.717, 1.165) is 71.6 Å². The molecule has 1 aliphatic heterocycles. The molecule has 5 aromatic carbocycles. The molecule has 0 amide bonds. The number of fused-ring (bicyclic) bond motifs is 2. The second-order valence-electron chi connectivity index (χ2n) is 11.4. The van der Waals surface area contributed by atoms with Crippen LogP contribution in [0.1, 0.15) is 29.2 Å². The first-order valence-electron chi connectivity index (χ1n) is 15.3. The zero-order chi connectivity index (χ0) is 32.4. The zero-order valence-electron chi connectivity index (χ0n) is 26.9. The summed E-state index contributed by atoms with van der Waals surface area (Å²) in [6, 6.07) is 34.8. The van der Waals surface area contributed by atoms with Crippen LogP contribution in [0.4, 0.5) is 11.4 Å². The third-order valence-corrected chi connectivity index (χ3v) is 9.60. The SMILES string of the molecule is C=C(SC1=C(N)c2ccccc2OC1(c1ccc(OC)cc1C)c1ccc(Nc2ccc(OCC)cc2)c2ccccc12)N(C)C. The van der Waals surface area contributed by atoms with Crippen molar-refractivity contribution in [3.8, 4) is 17.2 Å². The van der Waals surface area contributed by atoms with Gasteiger partial charge in [-0.1, -0.05) is 66.9 Å². The molecule has 1 aliphatic rings. The Balaban J connectivity index is 1.63. The van der Waals surface area contributed by atoms with Crippen LogP contribution in [0.2, 0.25) is 0 Å². The van der Waals surface area contributed by atoms with Gasteiger partial charge in [0.15, 0.2) is 5.60 Å². The van der Waals surface area contributed by atoms with Gasteiger partial charge in [0.1, 0.15) is 17.2 Å². The van der Waals surface area contributed by atoms with E-state index in [0.29, 0.717) is 12.3 Å². The van der Waals surface area contributed by atoms with Gasteiger partial charge in [-0.15, -0.1) is 0 Å². The maximum absolute atomic E-state index is 7.32. The van der Waals surface area contributed by atoms with E-state index in [9.17, 15) is 0 Å². The van der Waals surface area contributed by atoms with Crippen molar-refractivity contribution >= 4 is 39.6 Å². The van der Waals surface area contributed by atoms with Crippen molar-refractivity contribution in [2.45, 2.75) is 19.4 Å². The maximum Gasteiger partial charge on any atom is 0.193 e. The molecule has 6 nitrogen and oxygen atoms in total. The molecule has 0 aromatic heterocycles. The topological polar surface area (TPSA) is 69.0 Å². The summed E-state index contributed by atoms with van der Waals surface area (Å²) in [4.78, 5) is 2.86. The third-order valence-electron chi connectivity index (χ3n) is 8.28. The van der Waals surface area contributed by atoms with Gasteiger partial charge in [0.2, 0.25) is 0 Å². The molecule has 1 unspecified atom stereocenters. The molecular formula is C39H39N3O3S. The lowest BCUT2D eigenvalue weighted by atomic mass is 9.78. The van der Waals surface area contributed by atoms with Crippen molar-refractivity contribution in [3.05, 3.63) is 142 Å². The first kappa shape index (κ1) is 31.0. The Morgan fingerprint density at radius 3 is 2.26 bits per heavy atom. The average Bonchev–Trinajstić information content (AvgIpc) is 3.07. The highest BCUT2D eigenvalue weighted by atomic mass is 32.2. The van der Waals surface area contributed by atoms with E-state index in [2.05, 4.69) is 61.3 Å². The number of hydrogen-bond acceptors (Lipinski definition) is 7. The lowest BCUT2D eigenvalue weighted by Crippen LogP contribution is -2.41. The summed E-state index contributed by atoms with van der Waals surface area (Å²) in [6.45, 7) is 9.09. The molecule has 1 atom stereocenters. The highest BCUT2D eigenvalue weighted by Crippen LogP contribution is 2.56. The number of para-hydroxylation sites is 1. The molecule has 7 heteroatoms. The summed E-state index contributed by atoms with van der Waals surface area (Å²) in [5.41, 5.74) is 12.5. The fourth-order valence-corrected chi connectivity index (χ4v) is 7.01. The molecule has 0 spiro atoms. The standard InChI is InChI=1S/C39H39N3O3S/c1-7-44-28-18-16-27(17-19-28)41-35-23-22-34(30-12-8-9-13-31(30)35)39(33-21-20-29(43-6)24-25(33)2)38(46-26(3)42(4)5)37(40)32-14-10-11-15-36(32)45-39/h8-24,41H,3,7,40H2,1-2,4-6H3. The number of benzene rings is 5. The summed E-state index contributed by atoms with van der Waals surface area (Å²) in [6.07, 6.45) is 0. The minimum atomic E-state index is -1.10. The van der Waals surface area contributed by atoms with Crippen LogP contribution in [0.3, 0.4) is 0 Å². The number of hydrogen-bond donors (Lipinski definition) is 2. The third kappa shape index (κ3) is 5.52. The van der Waals surface area contributed by atoms with Crippen LogP contribution in [-0.2, 0) is 5.60 Å². The predicted molar refractivity (Wildman–Crippen MR) is 192 cm³/mol. The number of nitrogens with zero attached hydrogens (tertiary/aromatic N) is 1. The lowest BCUT2D eigenvalue weighted by Gasteiger charge is -2.43. The summed E-state index contributed by atoms with van der Waals surface area (Å²) < 4.78 is 18.6. The molecule has 0 bridgehead atoms. The molecule has 0 radical (unpaired) electrons. The summed E-state index contributed by atoms with van der Waals surface area (Å²) in [7, 11) is 5.66. The quantitative estimate of drug-likeness (QED) is 0.160. The molecule has 6 rings (SSSR count). The second kappa shape index (κ2) is 12.8. The number of rotatable bonds is 10. The molecule has 0 saturated carbocycles. The van der Waals surface area contributed by atoms with Gasteiger partial charge in [0, 0.05) is 47.5 Å². The molecule has 0 aliphatic carbocycles. The van der Waals surface area contributed by atoms with E-state index in [-0.39, 0.29) is 0 Å². The van der Waals surface area contributed by atoms with E-state index in [1.807, 2.05) is 86.6 Å². The van der Waals surface area contributed by atoms with Gasteiger partial charge in [0.25, 0.3) is 0 Å². The summed E-state index contributed by atoms with van der Waals surface area (Å²) >= 11 is 1.54. The number of aryl methyl sites for hydroxylation is 1. The molecule has 0 fully saturated rings. The molecular weight excluding hydrogens is 591 g/mol. The molecule has 3 N–H and O–H groups in total. The Labute approximate surface area is 275 Å². The van der Waals surface area contributed by atoms with E-state index in [1.54, 1.807) is 7.11 Å². The van der Waals surface area contributed by atoms with Gasteiger partial charge in [-0.3, -0.25) is 0 Å². The minimum absolute atomic E-state index is 0.627. The van der Waals surface area contributed by atoms with E-state index in [4.69, 9.17) is 19.9 Å². The van der Waals surface area contributed by atoms with Gasteiger partial charge in [-0.25, -0.2) is 0 Å². The minimum Gasteiger partial charge on any atom is -0.497 e. The van der Waals surface area contributed by atoms with Crippen molar-refractivity contribution in [1.29, 1.82) is 0 Å². The number of nitrogens with two attached hydrogens (primary N) is 1. The smallest absolute Gasteiger partial charge is 0.193 e. The Hall–Kier alpha value is -5.01. The van der Waals surface area contributed by atoms with Gasteiger partial charge >= 0.3 is 0 Å². The number of methoxy groups -OCH3 is 1. The Kier molecular flexibility index (Phi) is 8.61. The van der Waals surface area contributed by atoms with Gasteiger partial charge in [-0.05, 0) is 79.4 Å². The van der Waals surface area contributed by atoms with Crippen LogP contribution >= 0.6 is 11.8 Å². The Bertz CT molecular complexity index is 1950. The van der Waals surface area contributed by atoms with Crippen molar-refractivity contribution in [3.63, 3.8) is 0 Å². The monoisotopic (exact) mass is 629 g/mol. The van der Waals surface area contributed by atoms with Gasteiger partial charge in [-0.2, -0.15) is 0 Å². The number of anilines is 2. The van der Waals surface area contributed by atoms with Crippen LogP contribution in [-0.4, -0.2) is 32.7 Å². The normalized spacial score (nSPS) is 15.6. The van der Waals surface area contributed by atoms with Gasteiger partial charge in [0.05, 0.1) is 29.3 Å². The average molecular weight is 630 g/mol.